The molecule has 0 saturated heterocycles. The molecule has 0 bridgehead atoms. The number of carbonyl (C=O) groups excluding carboxylic acids is 4. The Morgan fingerprint density at radius 3 is 2.00 bits per heavy atom. The van der Waals surface area contributed by atoms with Crippen molar-refractivity contribution in [2.45, 2.75) is 19.9 Å². The van der Waals surface area contributed by atoms with E-state index in [-0.39, 0.29) is 26.9 Å². The molecule has 1 unspecified atom stereocenters. The van der Waals surface area contributed by atoms with Crippen LogP contribution < -0.4 is 5.32 Å². The van der Waals surface area contributed by atoms with Gasteiger partial charge < -0.3 is 10.1 Å². The molecule has 1 aliphatic heterocycles. The van der Waals surface area contributed by atoms with Crippen LogP contribution >= 0.6 is 34.8 Å². The van der Waals surface area contributed by atoms with Crippen molar-refractivity contribution in [2.75, 3.05) is 11.9 Å². The summed E-state index contributed by atoms with van der Waals surface area (Å²) in [6, 6.07) is 7.90. The van der Waals surface area contributed by atoms with Crippen LogP contribution in [-0.4, -0.2) is 41.2 Å². The zero-order valence-electron chi connectivity index (χ0n) is 16.4. The van der Waals surface area contributed by atoms with Crippen molar-refractivity contribution < 1.29 is 23.9 Å². The summed E-state index contributed by atoms with van der Waals surface area (Å²) in [4.78, 5) is 51.3. The standard InChI is InChI=1S/C21H17Cl3N2O5/c1-10(2)18(26-19(28)12-5-3-4-6-13(12)20(26)29)21(30)31-9-16(27)25-17-14(23)7-11(22)8-15(17)24/h3-8,10,18H,9H2,1-2H3,(H,25,27). The first-order valence-electron chi connectivity index (χ1n) is 9.19. The highest BCUT2D eigenvalue weighted by Gasteiger charge is 2.44. The van der Waals surface area contributed by atoms with E-state index in [0.29, 0.717) is 5.02 Å². The Morgan fingerprint density at radius 1 is 1.00 bits per heavy atom. The second-order valence-electron chi connectivity index (χ2n) is 7.12. The lowest BCUT2D eigenvalue weighted by Gasteiger charge is -2.27. The van der Waals surface area contributed by atoms with Crippen molar-refractivity contribution in [3.05, 3.63) is 62.6 Å². The minimum absolute atomic E-state index is 0.114. The summed E-state index contributed by atoms with van der Waals surface area (Å²) in [5, 5.41) is 2.96. The van der Waals surface area contributed by atoms with Crippen LogP contribution in [0.25, 0.3) is 0 Å². The number of benzene rings is 2. The van der Waals surface area contributed by atoms with E-state index in [2.05, 4.69) is 5.32 Å². The van der Waals surface area contributed by atoms with Gasteiger partial charge in [0.05, 0.1) is 26.9 Å². The maximum absolute atomic E-state index is 12.7. The number of anilines is 1. The number of carbonyl (C=O) groups is 4. The number of amides is 3. The Hall–Kier alpha value is -2.61. The summed E-state index contributed by atoms with van der Waals surface area (Å²) in [5.41, 5.74) is 0.556. The van der Waals surface area contributed by atoms with Crippen LogP contribution in [0, 0.1) is 5.92 Å². The van der Waals surface area contributed by atoms with Gasteiger partial charge in [-0.3, -0.25) is 19.3 Å². The topological polar surface area (TPSA) is 92.8 Å². The molecule has 3 rings (SSSR count). The van der Waals surface area contributed by atoms with E-state index in [1.165, 1.54) is 24.3 Å². The van der Waals surface area contributed by atoms with Gasteiger partial charge in [-0.25, -0.2) is 4.79 Å². The lowest BCUT2D eigenvalue weighted by atomic mass is 10.0. The summed E-state index contributed by atoms with van der Waals surface area (Å²) in [6.45, 7) is 2.67. The van der Waals surface area contributed by atoms with Gasteiger partial charge >= 0.3 is 5.97 Å². The number of imide groups is 1. The maximum atomic E-state index is 12.7. The first-order valence-corrected chi connectivity index (χ1v) is 10.3. The van der Waals surface area contributed by atoms with Gasteiger partial charge in [0.15, 0.2) is 6.61 Å². The van der Waals surface area contributed by atoms with E-state index in [9.17, 15) is 19.2 Å². The van der Waals surface area contributed by atoms with Crippen LogP contribution in [0.3, 0.4) is 0 Å². The van der Waals surface area contributed by atoms with Crippen LogP contribution in [0.15, 0.2) is 36.4 Å². The number of hydrogen-bond donors (Lipinski definition) is 1. The molecule has 0 fully saturated rings. The lowest BCUT2D eigenvalue weighted by Crippen LogP contribution is -2.49. The van der Waals surface area contributed by atoms with Crippen LogP contribution in [0.5, 0.6) is 0 Å². The number of fused-ring (bicyclic) bond motifs is 1. The minimum Gasteiger partial charge on any atom is -0.454 e. The summed E-state index contributed by atoms with van der Waals surface area (Å²) < 4.78 is 5.10. The number of rotatable bonds is 6. The van der Waals surface area contributed by atoms with E-state index in [0.717, 1.165) is 4.90 Å². The fraction of sp³-hybridized carbons (Fsp3) is 0.238. The largest absolute Gasteiger partial charge is 0.454 e. The number of nitrogens with zero attached hydrogens (tertiary/aromatic N) is 1. The van der Waals surface area contributed by atoms with Crippen LogP contribution in [0.4, 0.5) is 5.69 Å². The third kappa shape index (κ3) is 4.69. The molecule has 0 radical (unpaired) electrons. The molecule has 1 atom stereocenters. The van der Waals surface area contributed by atoms with Crippen molar-refractivity contribution in [3.8, 4) is 0 Å². The smallest absolute Gasteiger partial charge is 0.330 e. The van der Waals surface area contributed by atoms with Gasteiger partial charge in [0, 0.05) is 5.02 Å². The Morgan fingerprint density at radius 2 is 1.52 bits per heavy atom. The minimum atomic E-state index is -1.19. The highest BCUT2D eigenvalue weighted by Crippen LogP contribution is 2.33. The van der Waals surface area contributed by atoms with E-state index >= 15 is 0 Å². The monoisotopic (exact) mass is 482 g/mol. The average Bonchev–Trinajstić information content (AvgIpc) is 2.94. The highest BCUT2D eigenvalue weighted by atomic mass is 35.5. The Labute approximate surface area is 193 Å². The quantitative estimate of drug-likeness (QED) is 0.484. The van der Waals surface area contributed by atoms with Gasteiger partial charge in [-0.1, -0.05) is 60.8 Å². The first kappa shape index (κ1) is 23.1. The zero-order valence-corrected chi connectivity index (χ0v) is 18.7. The van der Waals surface area contributed by atoms with E-state index in [4.69, 9.17) is 39.5 Å². The number of nitrogens with one attached hydrogen (secondary N) is 1. The molecule has 3 amide bonds. The second kappa shape index (κ2) is 9.26. The summed E-state index contributed by atoms with van der Waals surface area (Å²) in [7, 11) is 0. The van der Waals surface area contributed by atoms with Gasteiger partial charge in [0.1, 0.15) is 6.04 Å². The Kier molecular flexibility index (Phi) is 6.89. The summed E-state index contributed by atoms with van der Waals surface area (Å²) in [6.07, 6.45) is 0. The maximum Gasteiger partial charge on any atom is 0.330 e. The predicted molar refractivity (Wildman–Crippen MR) is 117 cm³/mol. The van der Waals surface area contributed by atoms with E-state index < -0.39 is 42.3 Å². The molecule has 2 aromatic rings. The predicted octanol–water partition coefficient (Wildman–Crippen LogP) is 4.45. The molecule has 0 aliphatic carbocycles. The van der Waals surface area contributed by atoms with E-state index in [1.54, 1.807) is 26.0 Å². The molecule has 162 valence electrons. The molecule has 0 saturated carbocycles. The Bertz CT molecular complexity index is 1030. The van der Waals surface area contributed by atoms with Gasteiger partial charge in [-0.2, -0.15) is 0 Å². The molecule has 7 nitrogen and oxygen atoms in total. The van der Waals surface area contributed by atoms with Crippen molar-refractivity contribution in [1.82, 2.24) is 4.90 Å². The lowest BCUT2D eigenvalue weighted by molar-refractivity contribution is -0.152. The summed E-state index contributed by atoms with van der Waals surface area (Å²) in [5.74, 6) is -3.20. The second-order valence-corrected chi connectivity index (χ2v) is 8.37. The van der Waals surface area contributed by atoms with Crippen molar-refractivity contribution >= 4 is 64.2 Å². The van der Waals surface area contributed by atoms with Gasteiger partial charge in [-0.05, 0) is 30.2 Å². The molecule has 0 spiro atoms. The first-order chi connectivity index (χ1) is 14.6. The molecule has 1 N–H and O–H groups in total. The number of hydrogen-bond acceptors (Lipinski definition) is 5. The zero-order chi connectivity index (χ0) is 22.9. The van der Waals surface area contributed by atoms with E-state index in [1.807, 2.05) is 0 Å². The average molecular weight is 484 g/mol. The molecule has 31 heavy (non-hydrogen) atoms. The van der Waals surface area contributed by atoms with Gasteiger partial charge in [0.25, 0.3) is 17.7 Å². The molecule has 0 aromatic heterocycles. The highest BCUT2D eigenvalue weighted by molar-refractivity contribution is 6.42. The normalized spacial score (nSPS) is 13.9. The Balaban J connectivity index is 1.71. The third-order valence-electron chi connectivity index (χ3n) is 4.59. The molecular formula is C21H17Cl3N2O5. The van der Waals surface area contributed by atoms with Crippen LogP contribution in [0.2, 0.25) is 15.1 Å². The van der Waals surface area contributed by atoms with Crippen molar-refractivity contribution in [3.63, 3.8) is 0 Å². The SMILES string of the molecule is CC(C)C(C(=O)OCC(=O)Nc1c(Cl)cc(Cl)cc1Cl)N1C(=O)c2ccccc2C1=O. The summed E-state index contributed by atoms with van der Waals surface area (Å²) >= 11 is 17.9. The van der Waals surface area contributed by atoms with Gasteiger partial charge in [-0.15, -0.1) is 0 Å². The third-order valence-corrected chi connectivity index (χ3v) is 5.41. The van der Waals surface area contributed by atoms with Gasteiger partial charge in [0.2, 0.25) is 0 Å². The number of ether oxygens (including phenoxy) is 1. The molecule has 2 aromatic carbocycles. The molecular weight excluding hydrogens is 467 g/mol. The number of esters is 1. The molecule has 1 heterocycles. The van der Waals surface area contributed by atoms with Crippen molar-refractivity contribution in [2.24, 2.45) is 5.92 Å². The molecule has 1 aliphatic rings. The molecule has 10 heteroatoms. The van der Waals surface area contributed by atoms with Crippen LogP contribution in [-0.2, 0) is 14.3 Å². The van der Waals surface area contributed by atoms with Crippen molar-refractivity contribution in [1.29, 1.82) is 0 Å². The van der Waals surface area contributed by atoms with Crippen LogP contribution in [0.1, 0.15) is 34.6 Å². The fourth-order valence-electron chi connectivity index (χ4n) is 3.20. The number of halogens is 3. The fourth-order valence-corrected chi connectivity index (χ4v) is 4.11.